The summed E-state index contributed by atoms with van der Waals surface area (Å²) in [5, 5.41) is 10.8. The van der Waals surface area contributed by atoms with Crippen LogP contribution >= 0.6 is 31.9 Å². The third kappa shape index (κ3) is 2.98. The second kappa shape index (κ2) is 7.05. The van der Waals surface area contributed by atoms with Crippen molar-refractivity contribution >= 4 is 42.6 Å². The third-order valence-electron chi connectivity index (χ3n) is 4.34. The first kappa shape index (κ1) is 18.4. The molecule has 0 saturated carbocycles. The topological polar surface area (TPSA) is 66.0 Å². The average Bonchev–Trinajstić information content (AvgIpc) is 2.83. The van der Waals surface area contributed by atoms with Crippen molar-refractivity contribution in [1.29, 1.82) is 0 Å². The predicted molar refractivity (Wildman–Crippen MR) is 108 cm³/mol. The maximum absolute atomic E-state index is 5.89. The van der Waals surface area contributed by atoms with Crippen LogP contribution in [0.25, 0.3) is 16.5 Å². The van der Waals surface area contributed by atoms with Crippen LogP contribution < -0.4 is 10.5 Å². The number of halogens is 2. The molecule has 25 heavy (non-hydrogen) atoms. The number of nitrogens with two attached hydrogens (primary N) is 1. The van der Waals surface area contributed by atoms with Gasteiger partial charge in [0, 0.05) is 34.4 Å². The number of hydrogen-bond donors (Lipinski definition) is 1. The standard InChI is InChI=1S/C18H20Br2N4O/c1-5-25-18-13(19)6-12(7-14(18)20)24-10(3)16-9(2)22-23-15(8-21)17(16)11(24)4/h6-7H,5,8,21H2,1-4H3. The number of nitrogens with zero attached hydrogens (tertiary/aromatic N) is 3. The van der Waals surface area contributed by atoms with Crippen LogP contribution in [0.2, 0.25) is 0 Å². The summed E-state index contributed by atoms with van der Waals surface area (Å²) in [6.07, 6.45) is 0. The van der Waals surface area contributed by atoms with Gasteiger partial charge in [0.15, 0.2) is 0 Å². The van der Waals surface area contributed by atoms with Crippen LogP contribution in [0.4, 0.5) is 0 Å². The molecule has 0 amide bonds. The predicted octanol–water partition coefficient (Wildman–Crippen LogP) is 4.73. The molecule has 2 N–H and O–H groups in total. The van der Waals surface area contributed by atoms with Crippen molar-refractivity contribution in [3.8, 4) is 11.4 Å². The fraction of sp³-hybridized carbons (Fsp3) is 0.333. The first-order valence-corrected chi connectivity index (χ1v) is 9.65. The van der Waals surface area contributed by atoms with E-state index < -0.39 is 0 Å². The van der Waals surface area contributed by atoms with Crippen LogP contribution in [0.1, 0.15) is 29.7 Å². The minimum Gasteiger partial charge on any atom is -0.492 e. The molecule has 0 radical (unpaired) electrons. The van der Waals surface area contributed by atoms with Crippen molar-refractivity contribution < 1.29 is 4.74 Å². The Labute approximate surface area is 163 Å². The highest BCUT2D eigenvalue weighted by Gasteiger charge is 2.20. The molecule has 132 valence electrons. The molecule has 5 nitrogen and oxygen atoms in total. The van der Waals surface area contributed by atoms with E-state index >= 15 is 0 Å². The number of fused-ring (bicyclic) bond motifs is 1. The highest BCUT2D eigenvalue weighted by molar-refractivity contribution is 9.11. The fourth-order valence-electron chi connectivity index (χ4n) is 3.36. The van der Waals surface area contributed by atoms with Gasteiger partial charge in [-0.25, -0.2) is 0 Å². The summed E-state index contributed by atoms with van der Waals surface area (Å²) in [6, 6.07) is 4.12. The van der Waals surface area contributed by atoms with Crippen LogP contribution in [0.3, 0.4) is 0 Å². The second-order valence-electron chi connectivity index (χ2n) is 5.86. The summed E-state index contributed by atoms with van der Waals surface area (Å²) in [5.74, 6) is 0.806. The van der Waals surface area contributed by atoms with E-state index in [2.05, 4.69) is 72.6 Å². The summed E-state index contributed by atoms with van der Waals surface area (Å²) in [7, 11) is 0. The Morgan fingerprint density at radius 3 is 2.20 bits per heavy atom. The quantitative estimate of drug-likeness (QED) is 0.602. The van der Waals surface area contributed by atoms with Gasteiger partial charge in [-0.05, 0) is 71.7 Å². The summed E-state index contributed by atoms with van der Waals surface area (Å²) in [6.45, 7) is 9.12. The van der Waals surface area contributed by atoms with E-state index in [0.29, 0.717) is 13.2 Å². The number of rotatable bonds is 4. The molecule has 2 heterocycles. The van der Waals surface area contributed by atoms with Crippen LogP contribution in [0.15, 0.2) is 21.1 Å². The lowest BCUT2D eigenvalue weighted by atomic mass is 10.1. The van der Waals surface area contributed by atoms with E-state index in [1.54, 1.807) is 0 Å². The molecule has 0 atom stereocenters. The van der Waals surface area contributed by atoms with E-state index in [0.717, 1.165) is 53.9 Å². The van der Waals surface area contributed by atoms with E-state index in [9.17, 15) is 0 Å². The maximum Gasteiger partial charge on any atom is 0.147 e. The van der Waals surface area contributed by atoms with Gasteiger partial charge in [-0.2, -0.15) is 10.2 Å². The number of aromatic nitrogens is 3. The van der Waals surface area contributed by atoms with Crippen LogP contribution in [-0.4, -0.2) is 21.4 Å². The normalized spacial score (nSPS) is 11.3. The van der Waals surface area contributed by atoms with E-state index in [4.69, 9.17) is 10.5 Å². The molecule has 0 spiro atoms. The van der Waals surface area contributed by atoms with Gasteiger partial charge in [-0.15, -0.1) is 0 Å². The molecular formula is C18H20Br2N4O. The lowest BCUT2D eigenvalue weighted by Crippen LogP contribution is -2.04. The van der Waals surface area contributed by atoms with E-state index in [1.807, 2.05) is 13.8 Å². The number of hydrogen-bond acceptors (Lipinski definition) is 4. The van der Waals surface area contributed by atoms with Crippen molar-refractivity contribution in [3.05, 3.63) is 43.9 Å². The zero-order chi connectivity index (χ0) is 18.3. The van der Waals surface area contributed by atoms with Crippen molar-refractivity contribution in [2.75, 3.05) is 6.61 Å². The SMILES string of the molecule is CCOc1c(Br)cc(-n2c(C)c3c(C)nnc(CN)c3c2C)cc1Br. The molecule has 0 bridgehead atoms. The fourth-order valence-corrected chi connectivity index (χ4v) is 4.75. The molecule has 3 aromatic rings. The summed E-state index contributed by atoms with van der Waals surface area (Å²) in [4.78, 5) is 0. The first-order chi connectivity index (χ1) is 11.9. The minimum absolute atomic E-state index is 0.366. The zero-order valence-electron chi connectivity index (χ0n) is 14.7. The second-order valence-corrected chi connectivity index (χ2v) is 7.57. The Hall–Kier alpha value is -1.44. The smallest absolute Gasteiger partial charge is 0.147 e. The van der Waals surface area contributed by atoms with Crippen LogP contribution in [-0.2, 0) is 6.54 Å². The Bertz CT molecular complexity index is 943. The molecule has 0 saturated heterocycles. The molecule has 0 aliphatic heterocycles. The van der Waals surface area contributed by atoms with Crippen molar-refractivity contribution in [2.24, 2.45) is 5.73 Å². The highest BCUT2D eigenvalue weighted by Crippen LogP contribution is 2.38. The number of aryl methyl sites for hydroxylation is 3. The number of ether oxygens (including phenoxy) is 1. The van der Waals surface area contributed by atoms with Gasteiger partial charge in [-0.3, -0.25) is 0 Å². The van der Waals surface area contributed by atoms with E-state index in [-0.39, 0.29) is 0 Å². The monoisotopic (exact) mass is 466 g/mol. The zero-order valence-corrected chi connectivity index (χ0v) is 17.8. The molecule has 0 aliphatic carbocycles. The molecule has 7 heteroatoms. The van der Waals surface area contributed by atoms with Crippen molar-refractivity contribution in [3.63, 3.8) is 0 Å². The lowest BCUT2D eigenvalue weighted by Gasteiger charge is -2.14. The molecule has 0 aliphatic rings. The minimum atomic E-state index is 0.366. The van der Waals surface area contributed by atoms with Gasteiger partial charge < -0.3 is 15.0 Å². The first-order valence-electron chi connectivity index (χ1n) is 8.06. The summed E-state index contributed by atoms with van der Waals surface area (Å²) in [5.41, 5.74) is 10.9. The van der Waals surface area contributed by atoms with Gasteiger partial charge in [0.05, 0.1) is 26.9 Å². The number of benzene rings is 1. The lowest BCUT2D eigenvalue weighted by molar-refractivity contribution is 0.336. The van der Waals surface area contributed by atoms with Crippen LogP contribution in [0, 0.1) is 20.8 Å². The van der Waals surface area contributed by atoms with Crippen LogP contribution in [0.5, 0.6) is 5.75 Å². The van der Waals surface area contributed by atoms with Gasteiger partial charge >= 0.3 is 0 Å². The molecule has 2 aromatic heterocycles. The Balaban J connectivity index is 2.32. The van der Waals surface area contributed by atoms with Crippen molar-refractivity contribution in [2.45, 2.75) is 34.2 Å². The van der Waals surface area contributed by atoms with Gasteiger partial charge in [0.1, 0.15) is 5.75 Å². The Morgan fingerprint density at radius 2 is 1.64 bits per heavy atom. The average molecular weight is 468 g/mol. The Kier molecular flexibility index (Phi) is 5.18. The van der Waals surface area contributed by atoms with E-state index in [1.165, 1.54) is 0 Å². The molecule has 0 unspecified atom stereocenters. The molecule has 0 fully saturated rings. The van der Waals surface area contributed by atoms with Crippen molar-refractivity contribution in [1.82, 2.24) is 14.8 Å². The molecule has 1 aromatic carbocycles. The molecule has 3 rings (SSSR count). The van der Waals surface area contributed by atoms with Gasteiger partial charge in [0.2, 0.25) is 0 Å². The maximum atomic E-state index is 5.89. The molecular weight excluding hydrogens is 448 g/mol. The Morgan fingerprint density at radius 1 is 1.04 bits per heavy atom. The summed E-state index contributed by atoms with van der Waals surface area (Å²) < 4.78 is 9.72. The van der Waals surface area contributed by atoms with Gasteiger partial charge in [-0.1, -0.05) is 0 Å². The highest BCUT2D eigenvalue weighted by atomic mass is 79.9. The van der Waals surface area contributed by atoms with Gasteiger partial charge in [0.25, 0.3) is 0 Å². The largest absolute Gasteiger partial charge is 0.492 e. The third-order valence-corrected chi connectivity index (χ3v) is 5.52. The summed E-state index contributed by atoms with van der Waals surface area (Å²) >= 11 is 7.24.